The Balaban J connectivity index is 1.60. The van der Waals surface area contributed by atoms with Crippen LogP contribution in [0.3, 0.4) is 0 Å². The predicted molar refractivity (Wildman–Crippen MR) is 87.9 cm³/mol. The fourth-order valence-electron chi connectivity index (χ4n) is 3.87. The SMILES string of the molecule is Cn1cc(C(=O)N2CCCC(c3cc(=O)nc4n3CCC4)C2)cn1. The van der Waals surface area contributed by atoms with Crippen molar-refractivity contribution in [3.05, 3.63) is 45.9 Å². The zero-order valence-electron chi connectivity index (χ0n) is 13.8. The summed E-state index contributed by atoms with van der Waals surface area (Å²) in [5, 5.41) is 4.08. The highest BCUT2D eigenvalue weighted by molar-refractivity contribution is 5.93. The van der Waals surface area contributed by atoms with E-state index < -0.39 is 0 Å². The molecule has 2 aromatic rings. The van der Waals surface area contributed by atoms with E-state index in [1.165, 1.54) is 0 Å². The lowest BCUT2D eigenvalue weighted by Crippen LogP contribution is -2.40. The summed E-state index contributed by atoms with van der Waals surface area (Å²) in [5.74, 6) is 1.12. The van der Waals surface area contributed by atoms with Crippen molar-refractivity contribution >= 4 is 5.91 Å². The molecule has 2 aliphatic heterocycles. The number of carbonyl (C=O) groups excluding carboxylic acids is 1. The van der Waals surface area contributed by atoms with Crippen molar-refractivity contribution in [3.63, 3.8) is 0 Å². The number of aromatic nitrogens is 4. The molecule has 0 aromatic carbocycles. The Kier molecular flexibility index (Phi) is 3.70. The van der Waals surface area contributed by atoms with Crippen LogP contribution in [-0.2, 0) is 20.0 Å². The van der Waals surface area contributed by atoms with Crippen molar-refractivity contribution in [2.45, 2.75) is 38.1 Å². The first-order valence-electron chi connectivity index (χ1n) is 8.50. The first-order valence-corrected chi connectivity index (χ1v) is 8.50. The third kappa shape index (κ3) is 2.64. The standard InChI is InChI=1S/C17H21N5O2/c1-20-10-13(9-18-20)17(24)21-6-2-4-12(11-21)14-8-16(23)19-15-5-3-7-22(14)15/h8-10,12H,2-7,11H2,1H3. The van der Waals surface area contributed by atoms with Gasteiger partial charge in [-0.3, -0.25) is 14.3 Å². The van der Waals surface area contributed by atoms with Crippen LogP contribution < -0.4 is 5.56 Å². The van der Waals surface area contributed by atoms with Gasteiger partial charge < -0.3 is 9.47 Å². The zero-order chi connectivity index (χ0) is 16.7. The van der Waals surface area contributed by atoms with Gasteiger partial charge in [-0.15, -0.1) is 0 Å². The molecule has 1 unspecified atom stereocenters. The molecule has 0 bridgehead atoms. The molecule has 2 aliphatic rings. The first-order chi connectivity index (χ1) is 11.6. The summed E-state index contributed by atoms with van der Waals surface area (Å²) in [6, 6.07) is 1.66. The van der Waals surface area contributed by atoms with Gasteiger partial charge in [0.05, 0.1) is 11.8 Å². The maximum absolute atomic E-state index is 12.7. The lowest BCUT2D eigenvalue weighted by atomic mass is 9.93. The number of piperidine rings is 1. The summed E-state index contributed by atoms with van der Waals surface area (Å²) >= 11 is 0. The van der Waals surface area contributed by atoms with Crippen LogP contribution in [0.4, 0.5) is 0 Å². The second-order valence-electron chi connectivity index (χ2n) is 6.68. The van der Waals surface area contributed by atoms with Gasteiger partial charge in [0.1, 0.15) is 5.82 Å². The summed E-state index contributed by atoms with van der Waals surface area (Å²) in [6.07, 6.45) is 7.21. The Labute approximate surface area is 139 Å². The van der Waals surface area contributed by atoms with Gasteiger partial charge in [-0.25, -0.2) is 0 Å². The molecule has 24 heavy (non-hydrogen) atoms. The summed E-state index contributed by atoms with van der Waals surface area (Å²) < 4.78 is 3.83. The molecule has 0 N–H and O–H groups in total. The van der Waals surface area contributed by atoms with Gasteiger partial charge >= 0.3 is 0 Å². The van der Waals surface area contributed by atoms with Crippen molar-refractivity contribution < 1.29 is 4.79 Å². The Morgan fingerprint density at radius 3 is 2.96 bits per heavy atom. The van der Waals surface area contributed by atoms with Crippen LogP contribution in [0, 0.1) is 0 Å². The fraction of sp³-hybridized carbons (Fsp3) is 0.529. The number of hydrogen-bond acceptors (Lipinski definition) is 4. The molecule has 4 heterocycles. The number of fused-ring (bicyclic) bond motifs is 1. The monoisotopic (exact) mass is 327 g/mol. The molecule has 1 fully saturated rings. The molecule has 0 aliphatic carbocycles. The van der Waals surface area contributed by atoms with Crippen molar-refractivity contribution in [1.82, 2.24) is 24.2 Å². The van der Waals surface area contributed by atoms with E-state index in [1.54, 1.807) is 23.1 Å². The van der Waals surface area contributed by atoms with Crippen molar-refractivity contribution in [2.24, 2.45) is 7.05 Å². The molecular weight excluding hydrogens is 306 g/mol. The van der Waals surface area contributed by atoms with Crippen molar-refractivity contribution in [2.75, 3.05) is 13.1 Å². The van der Waals surface area contributed by atoms with E-state index in [9.17, 15) is 9.59 Å². The third-order valence-electron chi connectivity index (χ3n) is 4.99. The van der Waals surface area contributed by atoms with E-state index >= 15 is 0 Å². The predicted octanol–water partition coefficient (Wildman–Crippen LogP) is 0.943. The van der Waals surface area contributed by atoms with E-state index in [2.05, 4.69) is 14.6 Å². The minimum absolute atomic E-state index is 0.0193. The minimum atomic E-state index is -0.158. The maximum atomic E-state index is 12.7. The summed E-state index contributed by atoms with van der Waals surface area (Å²) in [7, 11) is 1.81. The fourth-order valence-corrected chi connectivity index (χ4v) is 3.87. The number of aryl methyl sites for hydroxylation is 2. The van der Waals surface area contributed by atoms with Crippen LogP contribution in [0.1, 0.15) is 47.1 Å². The number of nitrogens with zero attached hydrogens (tertiary/aromatic N) is 5. The third-order valence-corrected chi connectivity index (χ3v) is 4.99. The Hall–Kier alpha value is -2.44. The normalized spacial score (nSPS) is 20.2. The van der Waals surface area contributed by atoms with E-state index in [-0.39, 0.29) is 17.4 Å². The van der Waals surface area contributed by atoms with Gasteiger partial charge in [-0.1, -0.05) is 0 Å². The average Bonchev–Trinajstić information content (AvgIpc) is 3.22. The highest BCUT2D eigenvalue weighted by Crippen LogP contribution is 2.29. The highest BCUT2D eigenvalue weighted by atomic mass is 16.2. The molecule has 0 radical (unpaired) electrons. The molecule has 0 saturated carbocycles. The quantitative estimate of drug-likeness (QED) is 0.823. The van der Waals surface area contributed by atoms with Crippen molar-refractivity contribution in [3.8, 4) is 0 Å². The summed E-state index contributed by atoms with van der Waals surface area (Å²) in [5.41, 5.74) is 1.51. The number of likely N-dealkylation sites (tertiary alicyclic amines) is 1. The molecular formula is C17H21N5O2. The Bertz CT molecular complexity index is 838. The molecule has 1 atom stereocenters. The van der Waals surface area contributed by atoms with Gasteiger partial charge in [-0.2, -0.15) is 10.1 Å². The highest BCUT2D eigenvalue weighted by Gasteiger charge is 2.29. The van der Waals surface area contributed by atoms with Crippen LogP contribution >= 0.6 is 0 Å². The van der Waals surface area contributed by atoms with Crippen LogP contribution in [-0.4, -0.2) is 43.2 Å². The number of carbonyl (C=O) groups is 1. The van der Waals surface area contributed by atoms with Gasteiger partial charge in [0.15, 0.2) is 0 Å². The lowest BCUT2D eigenvalue weighted by molar-refractivity contribution is 0.0704. The molecule has 7 nitrogen and oxygen atoms in total. The molecule has 2 aromatic heterocycles. The Morgan fingerprint density at radius 1 is 1.29 bits per heavy atom. The van der Waals surface area contributed by atoms with Crippen LogP contribution in [0.5, 0.6) is 0 Å². The van der Waals surface area contributed by atoms with E-state index in [1.807, 2.05) is 11.9 Å². The zero-order valence-corrected chi connectivity index (χ0v) is 13.8. The average molecular weight is 327 g/mol. The minimum Gasteiger partial charge on any atom is -0.338 e. The number of rotatable bonds is 2. The molecule has 4 rings (SSSR count). The van der Waals surface area contributed by atoms with Crippen LogP contribution in [0.25, 0.3) is 0 Å². The van der Waals surface area contributed by atoms with E-state index in [0.29, 0.717) is 12.1 Å². The summed E-state index contributed by atoms with van der Waals surface area (Å²) in [4.78, 5) is 30.6. The molecule has 1 saturated heterocycles. The van der Waals surface area contributed by atoms with E-state index in [0.717, 1.165) is 50.3 Å². The van der Waals surface area contributed by atoms with Gasteiger partial charge in [0.2, 0.25) is 0 Å². The summed E-state index contributed by atoms with van der Waals surface area (Å²) in [6.45, 7) is 2.33. The molecule has 0 spiro atoms. The second-order valence-corrected chi connectivity index (χ2v) is 6.68. The van der Waals surface area contributed by atoms with Gasteiger partial charge in [0.25, 0.3) is 11.5 Å². The molecule has 126 valence electrons. The van der Waals surface area contributed by atoms with Gasteiger partial charge in [0, 0.05) is 57.0 Å². The van der Waals surface area contributed by atoms with Crippen molar-refractivity contribution in [1.29, 1.82) is 0 Å². The first kappa shape index (κ1) is 15.1. The molecule has 7 heteroatoms. The van der Waals surface area contributed by atoms with Gasteiger partial charge in [-0.05, 0) is 19.3 Å². The van der Waals surface area contributed by atoms with Crippen LogP contribution in [0.15, 0.2) is 23.3 Å². The van der Waals surface area contributed by atoms with E-state index in [4.69, 9.17) is 0 Å². The van der Waals surface area contributed by atoms with Crippen LogP contribution in [0.2, 0.25) is 0 Å². The number of amides is 1. The molecule has 1 amide bonds. The topological polar surface area (TPSA) is 73.0 Å². The smallest absolute Gasteiger partial charge is 0.273 e. The maximum Gasteiger partial charge on any atom is 0.273 e. The number of hydrogen-bond donors (Lipinski definition) is 0. The Morgan fingerprint density at radius 2 is 2.17 bits per heavy atom. The second kappa shape index (κ2) is 5.89. The lowest BCUT2D eigenvalue weighted by Gasteiger charge is -2.33. The largest absolute Gasteiger partial charge is 0.338 e.